The molecule has 0 bridgehead atoms. The van der Waals surface area contributed by atoms with Crippen LogP contribution in [0.15, 0.2) is 48.5 Å². The number of nitrogens with one attached hydrogen (secondary N) is 1. The zero-order chi connectivity index (χ0) is 19.1. The summed E-state index contributed by atoms with van der Waals surface area (Å²) in [7, 11) is 0. The van der Waals surface area contributed by atoms with Crippen molar-refractivity contribution in [1.29, 1.82) is 0 Å². The maximum atomic E-state index is 12.6. The molecule has 0 saturated carbocycles. The standard InChI is InChI=1S/C22H29N3O2/c1-3-13-24-14-4-15-25(17-16-24)22(26)23-19-7-11-21(12-8-19)27-20-9-5-18(2)6-10-20/h5-12H,3-4,13-17H2,1-2H3,(H,23,26). The summed E-state index contributed by atoms with van der Waals surface area (Å²) in [4.78, 5) is 16.9. The first-order valence-corrected chi connectivity index (χ1v) is 9.77. The number of benzene rings is 2. The van der Waals surface area contributed by atoms with Gasteiger partial charge in [-0.25, -0.2) is 4.79 Å². The SMILES string of the molecule is CCCN1CCCN(C(=O)Nc2ccc(Oc3ccc(C)cc3)cc2)CC1. The first-order chi connectivity index (χ1) is 13.1. The number of rotatable bonds is 5. The van der Waals surface area contributed by atoms with Crippen molar-refractivity contribution in [3.05, 3.63) is 54.1 Å². The highest BCUT2D eigenvalue weighted by Gasteiger charge is 2.18. The maximum Gasteiger partial charge on any atom is 0.321 e. The van der Waals surface area contributed by atoms with Crippen LogP contribution in [0.3, 0.4) is 0 Å². The van der Waals surface area contributed by atoms with Crippen LogP contribution < -0.4 is 10.1 Å². The molecule has 1 aliphatic rings. The second kappa shape index (κ2) is 9.42. The Balaban J connectivity index is 1.53. The number of carbonyl (C=O) groups excluding carboxylic acids is 1. The van der Waals surface area contributed by atoms with Gasteiger partial charge in [0, 0.05) is 25.3 Å². The summed E-state index contributed by atoms with van der Waals surface area (Å²) in [6.07, 6.45) is 2.18. The average molecular weight is 367 g/mol. The van der Waals surface area contributed by atoms with E-state index < -0.39 is 0 Å². The molecule has 2 aromatic carbocycles. The molecule has 0 unspecified atom stereocenters. The quantitative estimate of drug-likeness (QED) is 0.830. The Morgan fingerprint density at radius 2 is 1.63 bits per heavy atom. The van der Waals surface area contributed by atoms with Gasteiger partial charge in [0.05, 0.1) is 0 Å². The lowest BCUT2D eigenvalue weighted by molar-refractivity contribution is 0.211. The molecule has 0 atom stereocenters. The Labute approximate surface area is 161 Å². The summed E-state index contributed by atoms with van der Waals surface area (Å²) in [6.45, 7) is 8.96. The molecule has 1 aliphatic heterocycles. The van der Waals surface area contributed by atoms with Gasteiger partial charge in [-0.3, -0.25) is 0 Å². The molecule has 144 valence electrons. The van der Waals surface area contributed by atoms with Crippen LogP contribution >= 0.6 is 0 Å². The minimum atomic E-state index is -0.0273. The third kappa shape index (κ3) is 5.73. The van der Waals surface area contributed by atoms with Crippen molar-refractivity contribution in [2.75, 3.05) is 38.0 Å². The number of aryl methyl sites for hydroxylation is 1. The van der Waals surface area contributed by atoms with E-state index in [-0.39, 0.29) is 6.03 Å². The molecule has 0 aliphatic carbocycles. The average Bonchev–Trinajstić information content (AvgIpc) is 2.91. The van der Waals surface area contributed by atoms with Crippen LogP contribution in [0.2, 0.25) is 0 Å². The van der Waals surface area contributed by atoms with Crippen LogP contribution in [-0.2, 0) is 0 Å². The lowest BCUT2D eigenvalue weighted by Crippen LogP contribution is -2.38. The third-order valence-corrected chi connectivity index (χ3v) is 4.78. The summed E-state index contributed by atoms with van der Waals surface area (Å²) in [5.41, 5.74) is 1.98. The van der Waals surface area contributed by atoms with E-state index in [9.17, 15) is 4.79 Å². The lowest BCUT2D eigenvalue weighted by atomic mass is 10.2. The number of urea groups is 1. The molecule has 0 aromatic heterocycles. The van der Waals surface area contributed by atoms with Crippen molar-refractivity contribution >= 4 is 11.7 Å². The molecule has 1 fully saturated rings. The van der Waals surface area contributed by atoms with Gasteiger partial charge in [0.2, 0.25) is 0 Å². The van der Waals surface area contributed by atoms with E-state index in [4.69, 9.17) is 4.74 Å². The summed E-state index contributed by atoms with van der Waals surface area (Å²) in [6, 6.07) is 15.4. The fourth-order valence-electron chi connectivity index (χ4n) is 3.27. The zero-order valence-corrected chi connectivity index (χ0v) is 16.3. The van der Waals surface area contributed by atoms with E-state index >= 15 is 0 Å². The molecule has 1 N–H and O–H groups in total. The minimum Gasteiger partial charge on any atom is -0.457 e. The monoisotopic (exact) mass is 367 g/mol. The summed E-state index contributed by atoms with van der Waals surface area (Å²) >= 11 is 0. The van der Waals surface area contributed by atoms with Crippen molar-refractivity contribution < 1.29 is 9.53 Å². The molecule has 1 heterocycles. The van der Waals surface area contributed by atoms with Gasteiger partial charge in [0.1, 0.15) is 11.5 Å². The lowest BCUT2D eigenvalue weighted by Gasteiger charge is -2.22. The first-order valence-electron chi connectivity index (χ1n) is 9.77. The van der Waals surface area contributed by atoms with Crippen LogP contribution in [0.4, 0.5) is 10.5 Å². The molecule has 0 radical (unpaired) electrons. The van der Waals surface area contributed by atoms with Crippen LogP contribution in [0.5, 0.6) is 11.5 Å². The van der Waals surface area contributed by atoms with E-state index in [2.05, 4.69) is 17.1 Å². The van der Waals surface area contributed by atoms with E-state index in [1.807, 2.05) is 60.4 Å². The normalized spacial score (nSPS) is 15.3. The van der Waals surface area contributed by atoms with Crippen LogP contribution in [0, 0.1) is 6.92 Å². The van der Waals surface area contributed by atoms with Gasteiger partial charge in [-0.1, -0.05) is 24.6 Å². The number of nitrogens with zero attached hydrogens (tertiary/aromatic N) is 2. The van der Waals surface area contributed by atoms with Crippen molar-refractivity contribution in [3.63, 3.8) is 0 Å². The van der Waals surface area contributed by atoms with Crippen molar-refractivity contribution in [3.8, 4) is 11.5 Å². The number of amides is 2. The van der Waals surface area contributed by atoms with Gasteiger partial charge in [0.15, 0.2) is 0 Å². The largest absolute Gasteiger partial charge is 0.457 e. The van der Waals surface area contributed by atoms with E-state index in [1.165, 1.54) is 5.56 Å². The van der Waals surface area contributed by atoms with Crippen molar-refractivity contribution in [2.45, 2.75) is 26.7 Å². The molecule has 1 saturated heterocycles. The summed E-state index contributed by atoms with van der Waals surface area (Å²) in [5, 5.41) is 3.00. The molecule has 27 heavy (non-hydrogen) atoms. The smallest absolute Gasteiger partial charge is 0.321 e. The summed E-state index contributed by atoms with van der Waals surface area (Å²) in [5.74, 6) is 1.56. The number of anilines is 1. The molecule has 5 nitrogen and oxygen atoms in total. The number of ether oxygens (including phenoxy) is 1. The summed E-state index contributed by atoms with van der Waals surface area (Å²) < 4.78 is 5.83. The van der Waals surface area contributed by atoms with Crippen molar-refractivity contribution in [1.82, 2.24) is 9.80 Å². The van der Waals surface area contributed by atoms with Gasteiger partial charge in [-0.2, -0.15) is 0 Å². The fraction of sp³-hybridized carbons (Fsp3) is 0.409. The Morgan fingerprint density at radius 3 is 2.30 bits per heavy atom. The maximum absolute atomic E-state index is 12.6. The minimum absolute atomic E-state index is 0.0273. The zero-order valence-electron chi connectivity index (χ0n) is 16.3. The van der Waals surface area contributed by atoms with Crippen LogP contribution in [0.1, 0.15) is 25.3 Å². The Morgan fingerprint density at radius 1 is 0.963 bits per heavy atom. The van der Waals surface area contributed by atoms with Crippen molar-refractivity contribution in [2.24, 2.45) is 0 Å². The molecular weight excluding hydrogens is 338 g/mol. The second-order valence-electron chi connectivity index (χ2n) is 7.05. The molecule has 2 aromatic rings. The third-order valence-electron chi connectivity index (χ3n) is 4.78. The fourth-order valence-corrected chi connectivity index (χ4v) is 3.27. The highest BCUT2D eigenvalue weighted by atomic mass is 16.5. The van der Waals surface area contributed by atoms with Crippen LogP contribution in [-0.4, -0.2) is 48.6 Å². The predicted molar refractivity (Wildman–Crippen MR) is 110 cm³/mol. The molecule has 2 amide bonds. The first kappa shape index (κ1) is 19.2. The Kier molecular flexibility index (Phi) is 6.71. The van der Waals surface area contributed by atoms with Gasteiger partial charge >= 0.3 is 6.03 Å². The van der Waals surface area contributed by atoms with Gasteiger partial charge in [0.25, 0.3) is 0 Å². The van der Waals surface area contributed by atoms with Gasteiger partial charge in [-0.15, -0.1) is 0 Å². The highest BCUT2D eigenvalue weighted by molar-refractivity contribution is 5.89. The second-order valence-corrected chi connectivity index (χ2v) is 7.05. The van der Waals surface area contributed by atoms with E-state index in [0.29, 0.717) is 0 Å². The number of hydrogen-bond acceptors (Lipinski definition) is 3. The number of hydrogen-bond donors (Lipinski definition) is 1. The van der Waals surface area contributed by atoms with E-state index in [0.717, 1.165) is 62.8 Å². The molecule has 3 rings (SSSR count). The molecule has 0 spiro atoms. The van der Waals surface area contributed by atoms with Crippen LogP contribution in [0.25, 0.3) is 0 Å². The Bertz CT molecular complexity index is 728. The van der Waals surface area contributed by atoms with Gasteiger partial charge in [-0.05, 0) is 69.3 Å². The van der Waals surface area contributed by atoms with Gasteiger partial charge < -0.3 is 19.9 Å². The molecular formula is C22H29N3O2. The topological polar surface area (TPSA) is 44.8 Å². The molecule has 5 heteroatoms. The van der Waals surface area contributed by atoms with E-state index in [1.54, 1.807) is 0 Å². The highest BCUT2D eigenvalue weighted by Crippen LogP contribution is 2.23. The number of carbonyl (C=O) groups is 1. The predicted octanol–water partition coefficient (Wildman–Crippen LogP) is 4.74. The Hall–Kier alpha value is -2.53.